The van der Waals surface area contributed by atoms with Gasteiger partial charge in [-0.05, 0) is 13.8 Å². The summed E-state index contributed by atoms with van der Waals surface area (Å²) < 4.78 is 24.3. The minimum absolute atomic E-state index is 0.145. The molecule has 1 N–H and O–H groups in total. The van der Waals surface area contributed by atoms with Crippen LogP contribution in [0.15, 0.2) is 4.79 Å². The van der Waals surface area contributed by atoms with E-state index in [4.69, 9.17) is 0 Å². The van der Waals surface area contributed by atoms with Gasteiger partial charge in [-0.15, -0.1) is 0 Å². The monoisotopic (exact) mass is 286 g/mol. The van der Waals surface area contributed by atoms with Gasteiger partial charge in [-0.2, -0.15) is 4.31 Å². The lowest BCUT2D eigenvalue weighted by molar-refractivity contribution is 0.385. The van der Waals surface area contributed by atoms with Crippen LogP contribution in [0.2, 0.25) is 0 Å². The molecule has 0 spiro atoms. The highest BCUT2D eigenvalue weighted by Gasteiger charge is 2.24. The molecule has 0 amide bonds. The van der Waals surface area contributed by atoms with Crippen molar-refractivity contribution in [1.29, 1.82) is 0 Å². The van der Waals surface area contributed by atoms with Crippen molar-refractivity contribution in [3.05, 3.63) is 21.6 Å². The maximum atomic E-state index is 11.7. The van der Waals surface area contributed by atoms with Crippen LogP contribution in [-0.4, -0.2) is 55.1 Å². The molecule has 1 aromatic rings. The summed E-state index contributed by atoms with van der Waals surface area (Å²) in [7, 11) is -3.14. The van der Waals surface area contributed by atoms with E-state index in [0.717, 1.165) is 0 Å². The fourth-order valence-electron chi connectivity index (χ4n) is 2.01. The lowest BCUT2D eigenvalue weighted by Gasteiger charge is -2.33. The smallest absolute Gasteiger partial charge is 0.255 e. The van der Waals surface area contributed by atoms with Gasteiger partial charge in [-0.25, -0.2) is 13.4 Å². The van der Waals surface area contributed by atoms with Gasteiger partial charge in [0, 0.05) is 37.4 Å². The summed E-state index contributed by atoms with van der Waals surface area (Å²) in [5, 5.41) is 0. The van der Waals surface area contributed by atoms with Crippen molar-refractivity contribution in [2.75, 3.05) is 37.3 Å². The Morgan fingerprint density at radius 1 is 1.16 bits per heavy atom. The van der Waals surface area contributed by atoms with E-state index in [2.05, 4.69) is 9.97 Å². The number of anilines is 1. The van der Waals surface area contributed by atoms with E-state index in [1.165, 1.54) is 10.6 Å². The zero-order valence-electron chi connectivity index (χ0n) is 11.3. The topological polar surface area (TPSA) is 86.4 Å². The molecule has 0 atom stereocenters. The van der Waals surface area contributed by atoms with Gasteiger partial charge in [0.2, 0.25) is 16.0 Å². The second-order valence-electron chi connectivity index (χ2n) is 4.75. The predicted molar refractivity (Wildman–Crippen MR) is 73.0 cm³/mol. The van der Waals surface area contributed by atoms with Gasteiger partial charge < -0.3 is 4.90 Å². The highest BCUT2D eigenvalue weighted by molar-refractivity contribution is 7.88. The summed E-state index contributed by atoms with van der Waals surface area (Å²) in [6, 6.07) is 0. The number of aromatic amines is 1. The summed E-state index contributed by atoms with van der Waals surface area (Å²) in [5.41, 5.74) is 1.16. The second kappa shape index (κ2) is 4.93. The highest BCUT2D eigenvalue weighted by atomic mass is 32.2. The van der Waals surface area contributed by atoms with Crippen LogP contribution in [0.4, 0.5) is 5.95 Å². The van der Waals surface area contributed by atoms with Crippen LogP contribution in [0.5, 0.6) is 0 Å². The van der Waals surface area contributed by atoms with Crippen LogP contribution in [-0.2, 0) is 10.0 Å². The van der Waals surface area contributed by atoms with E-state index in [0.29, 0.717) is 43.4 Å². The maximum absolute atomic E-state index is 11.7. The van der Waals surface area contributed by atoms with E-state index in [-0.39, 0.29) is 5.56 Å². The Balaban J connectivity index is 2.17. The Hall–Kier alpha value is -1.41. The summed E-state index contributed by atoms with van der Waals surface area (Å²) >= 11 is 0. The molecule has 0 saturated carbocycles. The quantitative estimate of drug-likeness (QED) is 0.789. The zero-order valence-corrected chi connectivity index (χ0v) is 12.1. The summed E-state index contributed by atoms with van der Waals surface area (Å²) in [4.78, 5) is 20.7. The zero-order chi connectivity index (χ0) is 14.2. The van der Waals surface area contributed by atoms with E-state index >= 15 is 0 Å². The molecule has 7 nitrogen and oxygen atoms in total. The molecule has 1 saturated heterocycles. The molecule has 0 radical (unpaired) electrons. The van der Waals surface area contributed by atoms with Gasteiger partial charge in [0.15, 0.2) is 0 Å². The summed E-state index contributed by atoms with van der Waals surface area (Å²) in [6.45, 7) is 5.40. The number of hydrogen-bond acceptors (Lipinski definition) is 5. The van der Waals surface area contributed by atoms with Crippen LogP contribution < -0.4 is 10.5 Å². The molecule has 1 aliphatic rings. The SMILES string of the molecule is Cc1nc(N2CCN(S(C)(=O)=O)CC2)[nH]c(=O)c1C. The lowest BCUT2D eigenvalue weighted by Crippen LogP contribution is -2.49. The van der Waals surface area contributed by atoms with Crippen LogP contribution in [0.25, 0.3) is 0 Å². The predicted octanol–water partition coefficient (Wildman–Crippen LogP) is -0.532. The normalized spacial score (nSPS) is 17.7. The first-order valence-corrected chi connectivity index (χ1v) is 7.91. The van der Waals surface area contributed by atoms with Crippen molar-refractivity contribution in [2.24, 2.45) is 0 Å². The van der Waals surface area contributed by atoms with Crippen LogP contribution in [0, 0.1) is 13.8 Å². The van der Waals surface area contributed by atoms with Gasteiger partial charge in [0.1, 0.15) is 0 Å². The lowest BCUT2D eigenvalue weighted by atomic mass is 10.3. The minimum atomic E-state index is -3.14. The Morgan fingerprint density at radius 3 is 2.21 bits per heavy atom. The van der Waals surface area contributed by atoms with E-state index < -0.39 is 10.0 Å². The standard InChI is InChI=1S/C11H18N4O3S/c1-8-9(2)12-11(13-10(8)16)14-4-6-15(7-5-14)19(3,17)18/h4-7H2,1-3H3,(H,12,13,16). The number of nitrogens with zero attached hydrogens (tertiary/aromatic N) is 3. The highest BCUT2D eigenvalue weighted by Crippen LogP contribution is 2.12. The molecule has 0 bridgehead atoms. The first kappa shape index (κ1) is 14.0. The van der Waals surface area contributed by atoms with Crippen molar-refractivity contribution in [2.45, 2.75) is 13.8 Å². The molecule has 1 fully saturated rings. The van der Waals surface area contributed by atoms with Crippen molar-refractivity contribution in [3.8, 4) is 0 Å². The third-order valence-electron chi connectivity index (χ3n) is 3.39. The number of H-pyrrole nitrogens is 1. The molecule has 2 rings (SSSR count). The van der Waals surface area contributed by atoms with Gasteiger partial charge in [-0.1, -0.05) is 0 Å². The molecule has 1 aliphatic heterocycles. The van der Waals surface area contributed by atoms with Crippen molar-refractivity contribution in [3.63, 3.8) is 0 Å². The Bertz CT molecular complexity index is 630. The van der Waals surface area contributed by atoms with Crippen LogP contribution in [0.1, 0.15) is 11.3 Å². The van der Waals surface area contributed by atoms with E-state index in [1.807, 2.05) is 4.90 Å². The molecule has 8 heteroatoms. The number of rotatable bonds is 2. The average Bonchev–Trinajstić information content (AvgIpc) is 2.34. The van der Waals surface area contributed by atoms with Gasteiger partial charge in [0.25, 0.3) is 5.56 Å². The molecule has 0 aliphatic carbocycles. The molecular formula is C11H18N4O3S. The van der Waals surface area contributed by atoms with Crippen molar-refractivity contribution < 1.29 is 8.42 Å². The average molecular weight is 286 g/mol. The van der Waals surface area contributed by atoms with E-state index in [1.54, 1.807) is 13.8 Å². The second-order valence-corrected chi connectivity index (χ2v) is 6.73. The number of nitrogens with one attached hydrogen (secondary N) is 1. The third-order valence-corrected chi connectivity index (χ3v) is 4.69. The van der Waals surface area contributed by atoms with Gasteiger partial charge in [0.05, 0.1) is 6.26 Å². The number of sulfonamides is 1. The van der Waals surface area contributed by atoms with Gasteiger partial charge >= 0.3 is 0 Å². The van der Waals surface area contributed by atoms with E-state index in [9.17, 15) is 13.2 Å². The largest absolute Gasteiger partial charge is 0.340 e. The number of hydrogen-bond donors (Lipinski definition) is 1. The van der Waals surface area contributed by atoms with Crippen LogP contribution >= 0.6 is 0 Å². The third kappa shape index (κ3) is 2.95. The molecule has 0 unspecified atom stereocenters. The number of piperazine rings is 1. The summed E-state index contributed by atoms with van der Waals surface area (Å²) in [6.07, 6.45) is 1.21. The fourth-order valence-corrected chi connectivity index (χ4v) is 2.84. The van der Waals surface area contributed by atoms with Crippen molar-refractivity contribution >= 4 is 16.0 Å². The number of aryl methyl sites for hydroxylation is 1. The fraction of sp³-hybridized carbons (Fsp3) is 0.636. The minimum Gasteiger partial charge on any atom is -0.340 e. The molecule has 0 aromatic carbocycles. The first-order chi connectivity index (χ1) is 8.79. The van der Waals surface area contributed by atoms with Crippen molar-refractivity contribution in [1.82, 2.24) is 14.3 Å². The molecule has 106 valence electrons. The first-order valence-electron chi connectivity index (χ1n) is 6.06. The molecule has 1 aromatic heterocycles. The Kier molecular flexibility index (Phi) is 3.64. The number of aromatic nitrogens is 2. The molecule has 2 heterocycles. The Morgan fingerprint density at radius 2 is 1.74 bits per heavy atom. The van der Waals surface area contributed by atoms with Gasteiger partial charge in [-0.3, -0.25) is 9.78 Å². The van der Waals surface area contributed by atoms with Crippen LogP contribution in [0.3, 0.4) is 0 Å². The maximum Gasteiger partial charge on any atom is 0.255 e. The Labute approximate surface area is 112 Å². The molecule has 19 heavy (non-hydrogen) atoms. The molecular weight excluding hydrogens is 268 g/mol. The summed E-state index contributed by atoms with van der Waals surface area (Å²) in [5.74, 6) is 0.515.